The van der Waals surface area contributed by atoms with Gasteiger partial charge in [0.15, 0.2) is 5.84 Å². The van der Waals surface area contributed by atoms with Crippen LogP contribution in [0.15, 0.2) is 5.16 Å². The first kappa shape index (κ1) is 15.6. The summed E-state index contributed by atoms with van der Waals surface area (Å²) in [7, 11) is 0. The van der Waals surface area contributed by atoms with Crippen LogP contribution in [0.25, 0.3) is 0 Å². The van der Waals surface area contributed by atoms with Crippen molar-refractivity contribution < 1.29 is 19.5 Å². The summed E-state index contributed by atoms with van der Waals surface area (Å²) in [6.45, 7) is 3.97. The minimum Gasteiger partial charge on any atom is -0.409 e. The monoisotopic (exact) mass is 298 g/mol. The summed E-state index contributed by atoms with van der Waals surface area (Å²) in [5, 5.41) is 14.6. The molecule has 8 heteroatoms. The summed E-state index contributed by atoms with van der Waals surface area (Å²) in [5.74, 6) is -0.738. The van der Waals surface area contributed by atoms with Gasteiger partial charge in [-0.15, -0.1) is 0 Å². The Balaban J connectivity index is 2.13. The zero-order chi connectivity index (χ0) is 15.6. The summed E-state index contributed by atoms with van der Waals surface area (Å²) < 4.78 is 5.32. The molecule has 0 aromatic carbocycles. The first-order valence-electron chi connectivity index (χ1n) is 7.05. The molecule has 2 fully saturated rings. The lowest BCUT2D eigenvalue weighted by molar-refractivity contribution is -0.152. The molecule has 1 heterocycles. The molecule has 4 N–H and O–H groups in total. The normalized spacial score (nSPS) is 23.8. The molecular formula is C13H22N4O4. The zero-order valence-corrected chi connectivity index (χ0v) is 12.3. The topological polar surface area (TPSA) is 117 Å². The predicted molar refractivity (Wildman–Crippen MR) is 74.7 cm³/mol. The van der Waals surface area contributed by atoms with E-state index in [1.807, 2.05) is 0 Å². The molecule has 1 saturated carbocycles. The Labute approximate surface area is 123 Å². The number of nitrogens with two attached hydrogens (primary N) is 1. The van der Waals surface area contributed by atoms with E-state index < -0.39 is 11.5 Å². The number of oxime groups is 1. The molecule has 1 aliphatic heterocycles. The number of ether oxygens (including phenoxy) is 1. The lowest BCUT2D eigenvalue weighted by atomic mass is 9.89. The van der Waals surface area contributed by atoms with Crippen molar-refractivity contribution in [3.63, 3.8) is 0 Å². The highest BCUT2D eigenvalue weighted by molar-refractivity contribution is 6.07. The van der Waals surface area contributed by atoms with E-state index >= 15 is 0 Å². The summed E-state index contributed by atoms with van der Waals surface area (Å²) in [5.41, 5.74) is 4.41. The van der Waals surface area contributed by atoms with Crippen molar-refractivity contribution in [2.75, 3.05) is 19.8 Å². The Hall–Kier alpha value is -1.83. The molecule has 1 unspecified atom stereocenters. The highest BCUT2D eigenvalue weighted by Gasteiger charge is 2.43. The van der Waals surface area contributed by atoms with E-state index in [2.05, 4.69) is 10.5 Å². The van der Waals surface area contributed by atoms with Crippen molar-refractivity contribution in [2.24, 2.45) is 16.3 Å². The van der Waals surface area contributed by atoms with Crippen LogP contribution in [0.5, 0.6) is 0 Å². The minimum absolute atomic E-state index is 0.163. The van der Waals surface area contributed by atoms with Crippen LogP contribution in [0.2, 0.25) is 0 Å². The Morgan fingerprint density at radius 2 is 2.10 bits per heavy atom. The fraction of sp³-hybridized carbons (Fsp3) is 0.769. The SMILES string of the molecule is CC(C)(C(=O)N1CCOCC1C(=O)NC1CC1)C(N)=NO. The maximum atomic E-state index is 12.7. The Morgan fingerprint density at radius 1 is 1.43 bits per heavy atom. The zero-order valence-electron chi connectivity index (χ0n) is 12.3. The van der Waals surface area contributed by atoms with Gasteiger partial charge in [-0.2, -0.15) is 0 Å². The van der Waals surface area contributed by atoms with Crippen LogP contribution in [-0.4, -0.2) is 59.6 Å². The van der Waals surface area contributed by atoms with Crippen molar-refractivity contribution in [1.82, 2.24) is 10.2 Å². The van der Waals surface area contributed by atoms with E-state index in [0.29, 0.717) is 13.2 Å². The first-order chi connectivity index (χ1) is 9.87. The van der Waals surface area contributed by atoms with Gasteiger partial charge in [-0.25, -0.2) is 0 Å². The summed E-state index contributed by atoms with van der Waals surface area (Å²) in [6.07, 6.45) is 1.95. The van der Waals surface area contributed by atoms with Crippen molar-refractivity contribution in [1.29, 1.82) is 0 Å². The molecule has 0 radical (unpaired) electrons. The molecule has 0 spiro atoms. The molecule has 1 saturated heterocycles. The van der Waals surface area contributed by atoms with E-state index in [1.54, 1.807) is 13.8 Å². The van der Waals surface area contributed by atoms with Gasteiger partial charge in [-0.3, -0.25) is 9.59 Å². The van der Waals surface area contributed by atoms with E-state index in [9.17, 15) is 9.59 Å². The van der Waals surface area contributed by atoms with Gasteiger partial charge in [0, 0.05) is 12.6 Å². The van der Waals surface area contributed by atoms with Crippen LogP contribution in [0.3, 0.4) is 0 Å². The third-order valence-corrected chi connectivity index (χ3v) is 3.90. The number of amides is 2. The average Bonchev–Trinajstić information content (AvgIpc) is 3.29. The molecule has 0 aromatic rings. The number of carbonyl (C=O) groups is 2. The standard InChI is InChI=1S/C13H22N4O4/c1-13(2,11(14)16-20)12(19)17-5-6-21-7-9(17)10(18)15-8-3-4-8/h8-9,20H,3-7H2,1-2H3,(H2,14,16)(H,15,18). The molecule has 1 aliphatic carbocycles. The number of hydrogen-bond acceptors (Lipinski definition) is 5. The molecule has 2 rings (SSSR count). The maximum Gasteiger partial charge on any atom is 0.245 e. The van der Waals surface area contributed by atoms with Crippen molar-refractivity contribution in [2.45, 2.75) is 38.8 Å². The van der Waals surface area contributed by atoms with Crippen molar-refractivity contribution >= 4 is 17.6 Å². The molecular weight excluding hydrogens is 276 g/mol. The van der Waals surface area contributed by atoms with Gasteiger partial charge in [-0.05, 0) is 26.7 Å². The quantitative estimate of drug-likeness (QED) is 0.274. The molecule has 2 aliphatic rings. The molecule has 0 bridgehead atoms. The van der Waals surface area contributed by atoms with Crippen LogP contribution in [0, 0.1) is 5.41 Å². The second-order valence-electron chi connectivity index (χ2n) is 5.98. The van der Waals surface area contributed by atoms with E-state index in [-0.39, 0.29) is 30.3 Å². The number of amidine groups is 1. The van der Waals surface area contributed by atoms with E-state index in [4.69, 9.17) is 15.7 Å². The lowest BCUT2D eigenvalue weighted by Crippen LogP contribution is -2.60. The molecule has 21 heavy (non-hydrogen) atoms. The molecule has 118 valence electrons. The summed E-state index contributed by atoms with van der Waals surface area (Å²) in [6, 6.07) is -0.453. The minimum atomic E-state index is -1.18. The lowest BCUT2D eigenvalue weighted by Gasteiger charge is -2.38. The van der Waals surface area contributed by atoms with Crippen LogP contribution in [0.4, 0.5) is 0 Å². The van der Waals surface area contributed by atoms with Crippen LogP contribution in [-0.2, 0) is 14.3 Å². The van der Waals surface area contributed by atoms with Crippen LogP contribution >= 0.6 is 0 Å². The Bertz CT molecular complexity index is 459. The van der Waals surface area contributed by atoms with Crippen molar-refractivity contribution in [3.8, 4) is 0 Å². The van der Waals surface area contributed by atoms with Gasteiger partial charge >= 0.3 is 0 Å². The molecule has 0 aromatic heterocycles. The van der Waals surface area contributed by atoms with Gasteiger partial charge < -0.3 is 25.9 Å². The van der Waals surface area contributed by atoms with Gasteiger partial charge in [-0.1, -0.05) is 5.16 Å². The third kappa shape index (κ3) is 3.26. The van der Waals surface area contributed by atoms with Gasteiger partial charge in [0.2, 0.25) is 11.8 Å². The second kappa shape index (κ2) is 5.88. The number of nitrogens with zero attached hydrogens (tertiary/aromatic N) is 2. The van der Waals surface area contributed by atoms with E-state index in [1.165, 1.54) is 4.90 Å². The number of morpholine rings is 1. The van der Waals surface area contributed by atoms with Crippen molar-refractivity contribution in [3.05, 3.63) is 0 Å². The van der Waals surface area contributed by atoms with E-state index in [0.717, 1.165) is 12.8 Å². The first-order valence-corrected chi connectivity index (χ1v) is 7.05. The third-order valence-electron chi connectivity index (χ3n) is 3.90. The number of rotatable bonds is 4. The highest BCUT2D eigenvalue weighted by atomic mass is 16.5. The number of nitrogens with one attached hydrogen (secondary N) is 1. The smallest absolute Gasteiger partial charge is 0.245 e. The van der Waals surface area contributed by atoms with Crippen LogP contribution < -0.4 is 11.1 Å². The molecule has 8 nitrogen and oxygen atoms in total. The number of carbonyl (C=O) groups excluding carboxylic acids is 2. The largest absolute Gasteiger partial charge is 0.409 e. The van der Waals surface area contributed by atoms with Crippen LogP contribution in [0.1, 0.15) is 26.7 Å². The summed E-state index contributed by atoms with van der Waals surface area (Å²) in [4.78, 5) is 26.3. The fourth-order valence-electron chi connectivity index (χ4n) is 2.18. The Morgan fingerprint density at radius 3 is 2.67 bits per heavy atom. The van der Waals surface area contributed by atoms with Gasteiger partial charge in [0.25, 0.3) is 0 Å². The number of hydrogen-bond donors (Lipinski definition) is 3. The molecule has 1 atom stereocenters. The summed E-state index contributed by atoms with van der Waals surface area (Å²) >= 11 is 0. The predicted octanol–water partition coefficient (Wildman–Crippen LogP) is -0.735. The van der Waals surface area contributed by atoms with Gasteiger partial charge in [0.05, 0.1) is 13.2 Å². The second-order valence-corrected chi connectivity index (χ2v) is 5.98. The Kier molecular flexibility index (Phi) is 4.36. The fourth-order valence-corrected chi connectivity index (χ4v) is 2.18. The highest BCUT2D eigenvalue weighted by Crippen LogP contribution is 2.24. The van der Waals surface area contributed by atoms with Gasteiger partial charge in [0.1, 0.15) is 11.5 Å². The molecule has 2 amide bonds. The average molecular weight is 298 g/mol. The maximum absolute atomic E-state index is 12.7.